The van der Waals surface area contributed by atoms with Crippen molar-refractivity contribution in [1.29, 1.82) is 0 Å². The summed E-state index contributed by atoms with van der Waals surface area (Å²) in [4.78, 5) is 0. The maximum absolute atomic E-state index is 3.53. The van der Waals surface area contributed by atoms with Crippen molar-refractivity contribution in [3.63, 3.8) is 0 Å². The van der Waals surface area contributed by atoms with E-state index >= 15 is 0 Å². The average Bonchev–Trinajstić information content (AvgIpc) is 3.61. The maximum Gasteiger partial charge on any atom is -1.00 e. The molecule has 6 rings (SSSR count). The van der Waals surface area contributed by atoms with E-state index < -0.39 is 0 Å². The first-order valence-corrected chi connectivity index (χ1v) is 19.2. The minimum Gasteiger partial charge on any atom is -1.00 e. The van der Waals surface area contributed by atoms with Crippen molar-refractivity contribution in [2.75, 3.05) is 0 Å². The van der Waals surface area contributed by atoms with E-state index in [9.17, 15) is 0 Å². The van der Waals surface area contributed by atoms with Crippen molar-refractivity contribution in [3.05, 3.63) is 158 Å². The van der Waals surface area contributed by atoms with Crippen LogP contribution in [-0.4, -0.2) is 3.21 Å². The van der Waals surface area contributed by atoms with Gasteiger partial charge in [-0.2, -0.15) is 52.1 Å². The summed E-state index contributed by atoms with van der Waals surface area (Å²) < 4.78 is 1.42. The summed E-state index contributed by atoms with van der Waals surface area (Å²) in [5, 5.41) is 0. The summed E-state index contributed by atoms with van der Waals surface area (Å²) in [6, 6.07) is 37.2. The van der Waals surface area contributed by atoms with Crippen molar-refractivity contribution in [3.8, 4) is 11.1 Å². The van der Waals surface area contributed by atoms with Crippen LogP contribution >= 0.6 is 0 Å². The van der Waals surface area contributed by atoms with Gasteiger partial charge in [0, 0.05) is 0 Å². The summed E-state index contributed by atoms with van der Waals surface area (Å²) in [6.45, 7) is 29.1. The Hall–Kier alpha value is -2.44. The van der Waals surface area contributed by atoms with Crippen LogP contribution in [0.4, 0.5) is 0 Å². The first kappa shape index (κ1) is 44.7. The third-order valence-electron chi connectivity index (χ3n) is 9.52. The zero-order chi connectivity index (χ0) is 36.3. The topological polar surface area (TPSA) is 0 Å². The van der Waals surface area contributed by atoms with Crippen molar-refractivity contribution < 1.29 is 49.0 Å². The fourth-order valence-electron chi connectivity index (χ4n) is 6.30. The third-order valence-corrected chi connectivity index (χ3v) is 10.9. The van der Waals surface area contributed by atoms with E-state index in [1.807, 2.05) is 0 Å². The summed E-state index contributed by atoms with van der Waals surface area (Å²) in [7, 11) is 0. The standard InChI is InChI=1S/C21H25.C15H14.C12H19.2ClH.Zr/c1-20(2,3)16-9-7-14-11-15-8-10-17(21(4,5)6)13-19(15)18(14)12-16;1-12-3-7-14(8-4-12)11-15-9-5-13(2)6-10-15;1-6-10-7-9(2)8-11(10)12(3,4)5;;;/h7,9-10,12-13H,11H2,1-6H3;3-10H,1-2H3;7-8H,6H2,1-5H3;2*1H;/q-1;;-1;;;+2/p-2. The molecule has 0 unspecified atom stereocenters. The van der Waals surface area contributed by atoms with Gasteiger partial charge in [-0.05, 0) is 17.4 Å². The Morgan fingerprint density at radius 2 is 1.14 bits per heavy atom. The van der Waals surface area contributed by atoms with Crippen LogP contribution in [0.25, 0.3) is 11.1 Å². The summed E-state index contributed by atoms with van der Waals surface area (Å²) in [5.74, 6) is 0. The van der Waals surface area contributed by atoms with Gasteiger partial charge in [0.1, 0.15) is 0 Å². The second-order valence-corrected chi connectivity index (χ2v) is 18.2. The molecule has 0 aliphatic heterocycles. The largest absolute Gasteiger partial charge is 1.00 e. The van der Waals surface area contributed by atoms with E-state index in [0.29, 0.717) is 5.41 Å². The van der Waals surface area contributed by atoms with Crippen LogP contribution in [0.2, 0.25) is 0 Å². The van der Waals surface area contributed by atoms with Gasteiger partial charge in [0.05, 0.1) is 0 Å². The van der Waals surface area contributed by atoms with Gasteiger partial charge in [-0.15, -0.1) is 5.56 Å². The van der Waals surface area contributed by atoms with E-state index in [0.717, 1.165) is 12.8 Å². The van der Waals surface area contributed by atoms with Crippen molar-refractivity contribution >= 4 is 3.21 Å². The minimum atomic E-state index is 0. The monoisotopic (exact) mass is 794 g/mol. The van der Waals surface area contributed by atoms with Gasteiger partial charge in [-0.1, -0.05) is 123 Å². The molecule has 270 valence electrons. The fourth-order valence-corrected chi connectivity index (χ4v) is 7.12. The molecule has 5 aromatic rings. The Balaban J connectivity index is 0.000000270. The molecule has 0 bridgehead atoms. The van der Waals surface area contributed by atoms with E-state index in [4.69, 9.17) is 0 Å². The van der Waals surface area contributed by atoms with Gasteiger partial charge >= 0.3 is 112 Å². The molecule has 0 amide bonds. The molecule has 1 aliphatic rings. The molecule has 0 atom stereocenters. The first-order valence-electron chi connectivity index (χ1n) is 18.0. The maximum atomic E-state index is 3.53. The molecule has 5 aromatic carbocycles. The number of aryl methyl sites for hydroxylation is 4. The number of hydrogen-bond acceptors (Lipinski definition) is 0. The molecule has 0 saturated carbocycles. The van der Waals surface area contributed by atoms with Crippen molar-refractivity contribution in [1.82, 2.24) is 0 Å². The molecule has 0 saturated heterocycles. The van der Waals surface area contributed by atoms with Gasteiger partial charge in [-0.25, -0.2) is 6.07 Å². The Morgan fingerprint density at radius 3 is 1.57 bits per heavy atom. The van der Waals surface area contributed by atoms with Gasteiger partial charge in [-0.3, -0.25) is 0 Å². The molecule has 0 radical (unpaired) electrons. The van der Waals surface area contributed by atoms with Crippen LogP contribution in [0.3, 0.4) is 0 Å². The van der Waals surface area contributed by atoms with Crippen LogP contribution < -0.4 is 24.8 Å². The van der Waals surface area contributed by atoms with Crippen LogP contribution in [-0.2, 0) is 53.3 Å². The van der Waals surface area contributed by atoms with Crippen molar-refractivity contribution in [2.24, 2.45) is 0 Å². The van der Waals surface area contributed by atoms with E-state index in [2.05, 4.69) is 187 Å². The minimum absolute atomic E-state index is 0. The number of halogens is 2. The zero-order valence-electron chi connectivity index (χ0n) is 33.3. The van der Waals surface area contributed by atoms with Crippen LogP contribution in [0.5, 0.6) is 0 Å². The summed E-state index contributed by atoms with van der Waals surface area (Å²) >= 11 is 1.46. The molecular formula is C48H58Cl2Zr-2. The smallest absolute Gasteiger partial charge is 1.00 e. The molecule has 0 spiro atoms. The molecule has 0 N–H and O–H groups in total. The molecular weight excluding hydrogens is 739 g/mol. The fraction of sp³-hybridized carbons (Fsp3) is 0.375. The van der Waals surface area contributed by atoms with Gasteiger partial charge in [0.25, 0.3) is 0 Å². The molecule has 0 heterocycles. The van der Waals surface area contributed by atoms with Gasteiger partial charge in [0.15, 0.2) is 0 Å². The summed E-state index contributed by atoms with van der Waals surface area (Å²) in [5.41, 5.74) is 18.8. The van der Waals surface area contributed by atoms with Crippen LogP contribution in [0.15, 0.2) is 91.0 Å². The van der Waals surface area contributed by atoms with E-state index in [1.54, 1.807) is 0 Å². The molecule has 3 heteroatoms. The Morgan fingerprint density at radius 1 is 0.647 bits per heavy atom. The third kappa shape index (κ3) is 11.8. The second-order valence-electron chi connectivity index (χ2n) is 17.0. The summed E-state index contributed by atoms with van der Waals surface area (Å²) in [6.07, 6.45) is 2.18. The van der Waals surface area contributed by atoms with E-state index in [1.165, 1.54) is 99.8 Å². The normalized spacial score (nSPS) is 11.8. The first-order chi connectivity index (χ1) is 22.8. The predicted molar refractivity (Wildman–Crippen MR) is 211 cm³/mol. The molecule has 51 heavy (non-hydrogen) atoms. The van der Waals surface area contributed by atoms with Crippen LogP contribution in [0, 0.1) is 26.8 Å². The molecule has 0 nitrogen and oxygen atoms in total. The number of fused-ring (bicyclic) bond motifs is 3. The van der Waals surface area contributed by atoms with E-state index in [-0.39, 0.29) is 35.6 Å². The number of rotatable bonds is 3. The zero-order valence-corrected chi connectivity index (χ0v) is 37.3. The Bertz CT molecular complexity index is 1770. The Labute approximate surface area is 338 Å². The quantitative estimate of drug-likeness (QED) is 0.176. The molecule has 0 fully saturated rings. The number of benzene rings is 4. The average molecular weight is 797 g/mol. The van der Waals surface area contributed by atoms with Crippen molar-refractivity contribution in [2.45, 2.75) is 119 Å². The SMILES string of the molecule is CC(C)(C)c1c[c-]c2c(c1)-c1cc(C(C)(C)C)ccc1C2.CCc1[cH-]c(C)cc1C(C)(C)C.Cc1ccc([C](=[Zr+2])c2ccc(C)cc2)cc1.[Cl-].[Cl-]. The number of hydrogen-bond donors (Lipinski definition) is 0. The van der Waals surface area contributed by atoms with Gasteiger partial charge in [0.2, 0.25) is 0 Å². The molecule has 1 aliphatic carbocycles. The predicted octanol–water partition coefficient (Wildman–Crippen LogP) is 6.65. The van der Waals surface area contributed by atoms with Crippen LogP contribution in [0.1, 0.15) is 130 Å². The van der Waals surface area contributed by atoms with Gasteiger partial charge < -0.3 is 24.8 Å². The molecule has 0 aromatic heterocycles. The second kappa shape index (κ2) is 18.1. The Kier molecular flexibility index (Phi) is 15.8.